The van der Waals surface area contributed by atoms with E-state index in [1.807, 2.05) is 30.3 Å². The molecule has 0 bridgehead atoms. The van der Waals surface area contributed by atoms with Gasteiger partial charge in [-0.25, -0.2) is 0 Å². The molecule has 2 N–H and O–H groups in total. The summed E-state index contributed by atoms with van der Waals surface area (Å²) in [5.41, 5.74) is 2.04. The Bertz CT molecular complexity index is 637. The summed E-state index contributed by atoms with van der Waals surface area (Å²) in [6.45, 7) is 1.57. The number of anilines is 1. The lowest BCUT2D eigenvalue weighted by Crippen LogP contribution is -2.14. The van der Waals surface area contributed by atoms with Crippen molar-refractivity contribution in [3.8, 4) is 0 Å². The van der Waals surface area contributed by atoms with Crippen molar-refractivity contribution in [2.75, 3.05) is 5.32 Å². The zero-order chi connectivity index (χ0) is 14.7. The molecular formula is C16H17ClN2OS. The Morgan fingerprint density at radius 2 is 2.10 bits per heavy atom. The molecule has 5 heteroatoms. The number of hydrogen-bond acceptors (Lipinski definition) is 3. The predicted octanol–water partition coefficient (Wildman–Crippen LogP) is 4.04. The van der Waals surface area contributed by atoms with Crippen LogP contribution in [0.25, 0.3) is 0 Å². The zero-order valence-electron chi connectivity index (χ0n) is 11.6. The van der Waals surface area contributed by atoms with Crippen LogP contribution in [-0.2, 0) is 17.9 Å². The van der Waals surface area contributed by atoms with Crippen LogP contribution in [0, 0.1) is 5.92 Å². The van der Waals surface area contributed by atoms with Crippen molar-refractivity contribution in [3.63, 3.8) is 0 Å². The molecule has 1 heterocycles. The fraction of sp³-hybridized carbons (Fsp3) is 0.312. The van der Waals surface area contributed by atoms with Crippen molar-refractivity contribution < 1.29 is 4.79 Å². The molecule has 0 aliphatic heterocycles. The van der Waals surface area contributed by atoms with Gasteiger partial charge in [-0.1, -0.05) is 23.7 Å². The second-order valence-electron chi connectivity index (χ2n) is 5.27. The number of halogens is 1. The SMILES string of the molecule is O=C(Nc1cccc(CNCc2ccc(Cl)s2)c1)C1CC1. The minimum Gasteiger partial charge on any atom is -0.326 e. The number of carbonyl (C=O) groups is 1. The first-order chi connectivity index (χ1) is 10.2. The Labute approximate surface area is 133 Å². The smallest absolute Gasteiger partial charge is 0.227 e. The van der Waals surface area contributed by atoms with Gasteiger partial charge in [-0.2, -0.15) is 0 Å². The van der Waals surface area contributed by atoms with E-state index < -0.39 is 0 Å². The molecule has 0 atom stereocenters. The van der Waals surface area contributed by atoms with E-state index in [2.05, 4.69) is 16.7 Å². The highest BCUT2D eigenvalue weighted by atomic mass is 35.5. The molecule has 1 saturated carbocycles. The second-order valence-corrected chi connectivity index (χ2v) is 7.07. The molecular weight excluding hydrogens is 304 g/mol. The first-order valence-electron chi connectivity index (χ1n) is 7.05. The van der Waals surface area contributed by atoms with Gasteiger partial charge in [-0.15, -0.1) is 11.3 Å². The first kappa shape index (κ1) is 14.6. The van der Waals surface area contributed by atoms with Gasteiger partial charge < -0.3 is 10.6 Å². The Morgan fingerprint density at radius 1 is 1.24 bits per heavy atom. The van der Waals surface area contributed by atoms with E-state index in [1.165, 1.54) is 4.88 Å². The number of benzene rings is 1. The lowest BCUT2D eigenvalue weighted by molar-refractivity contribution is -0.117. The third-order valence-electron chi connectivity index (χ3n) is 3.40. The molecule has 1 aliphatic carbocycles. The van der Waals surface area contributed by atoms with E-state index in [4.69, 9.17) is 11.6 Å². The lowest BCUT2D eigenvalue weighted by Gasteiger charge is -2.08. The molecule has 1 aromatic carbocycles. The van der Waals surface area contributed by atoms with Gasteiger partial charge in [0.1, 0.15) is 0 Å². The van der Waals surface area contributed by atoms with Gasteiger partial charge in [0, 0.05) is 29.6 Å². The zero-order valence-corrected chi connectivity index (χ0v) is 13.1. The molecule has 1 fully saturated rings. The molecule has 1 aromatic heterocycles. The van der Waals surface area contributed by atoms with E-state index in [1.54, 1.807) is 11.3 Å². The van der Waals surface area contributed by atoms with Crippen molar-refractivity contribution in [3.05, 3.63) is 51.2 Å². The maximum absolute atomic E-state index is 11.7. The summed E-state index contributed by atoms with van der Waals surface area (Å²) < 4.78 is 0.816. The van der Waals surface area contributed by atoms with Crippen molar-refractivity contribution in [1.29, 1.82) is 0 Å². The molecule has 110 valence electrons. The summed E-state index contributed by atoms with van der Waals surface area (Å²) >= 11 is 7.50. The van der Waals surface area contributed by atoms with Gasteiger partial charge in [0.2, 0.25) is 5.91 Å². The van der Waals surface area contributed by atoms with Crippen molar-refractivity contribution in [2.45, 2.75) is 25.9 Å². The highest BCUT2D eigenvalue weighted by molar-refractivity contribution is 7.16. The first-order valence-corrected chi connectivity index (χ1v) is 8.25. The summed E-state index contributed by atoms with van der Waals surface area (Å²) in [7, 11) is 0. The Morgan fingerprint density at radius 3 is 2.81 bits per heavy atom. The minimum absolute atomic E-state index is 0.147. The molecule has 1 aliphatic rings. The standard InChI is InChI=1S/C16H17ClN2OS/c17-15-7-6-14(21-15)10-18-9-11-2-1-3-13(8-11)19-16(20)12-4-5-12/h1-3,6-8,12,18H,4-5,9-10H2,(H,19,20). The number of amides is 1. The van der Waals surface area contributed by atoms with Gasteiger partial charge in [-0.05, 0) is 42.7 Å². The van der Waals surface area contributed by atoms with Crippen LogP contribution in [0.1, 0.15) is 23.3 Å². The van der Waals surface area contributed by atoms with Gasteiger partial charge in [-0.3, -0.25) is 4.79 Å². The van der Waals surface area contributed by atoms with Gasteiger partial charge >= 0.3 is 0 Å². The molecule has 2 aromatic rings. The fourth-order valence-electron chi connectivity index (χ4n) is 2.13. The number of carbonyl (C=O) groups excluding carboxylic acids is 1. The van der Waals surface area contributed by atoms with Gasteiger partial charge in [0.05, 0.1) is 4.34 Å². The normalized spacial score (nSPS) is 14.1. The highest BCUT2D eigenvalue weighted by Gasteiger charge is 2.29. The molecule has 0 spiro atoms. The fourth-order valence-corrected chi connectivity index (χ4v) is 3.18. The summed E-state index contributed by atoms with van der Waals surface area (Å²) in [4.78, 5) is 13.0. The molecule has 21 heavy (non-hydrogen) atoms. The second kappa shape index (κ2) is 6.60. The Balaban J connectivity index is 1.51. The van der Waals surface area contributed by atoms with Crippen LogP contribution in [0.4, 0.5) is 5.69 Å². The van der Waals surface area contributed by atoms with Crippen molar-refractivity contribution >= 4 is 34.5 Å². The highest BCUT2D eigenvalue weighted by Crippen LogP contribution is 2.30. The Kier molecular flexibility index (Phi) is 4.58. The predicted molar refractivity (Wildman–Crippen MR) is 87.7 cm³/mol. The maximum atomic E-state index is 11.7. The van der Waals surface area contributed by atoms with E-state index in [0.717, 1.165) is 41.5 Å². The van der Waals surface area contributed by atoms with Crippen LogP contribution >= 0.6 is 22.9 Å². The van der Waals surface area contributed by atoms with E-state index in [-0.39, 0.29) is 11.8 Å². The number of nitrogens with one attached hydrogen (secondary N) is 2. The molecule has 0 unspecified atom stereocenters. The number of hydrogen-bond donors (Lipinski definition) is 2. The molecule has 3 nitrogen and oxygen atoms in total. The summed E-state index contributed by atoms with van der Waals surface area (Å²) in [6.07, 6.45) is 2.05. The number of thiophene rings is 1. The monoisotopic (exact) mass is 320 g/mol. The maximum Gasteiger partial charge on any atom is 0.227 e. The molecule has 3 rings (SSSR count). The van der Waals surface area contributed by atoms with Crippen LogP contribution in [0.2, 0.25) is 4.34 Å². The van der Waals surface area contributed by atoms with Crippen molar-refractivity contribution in [1.82, 2.24) is 5.32 Å². The average Bonchev–Trinajstić information content (AvgIpc) is 3.23. The van der Waals surface area contributed by atoms with Gasteiger partial charge in [0.25, 0.3) is 0 Å². The quantitative estimate of drug-likeness (QED) is 0.843. The van der Waals surface area contributed by atoms with E-state index in [9.17, 15) is 4.79 Å². The van der Waals surface area contributed by atoms with Gasteiger partial charge in [0.15, 0.2) is 0 Å². The lowest BCUT2D eigenvalue weighted by atomic mass is 10.2. The third-order valence-corrected chi connectivity index (χ3v) is 4.63. The average molecular weight is 321 g/mol. The molecule has 1 amide bonds. The summed E-state index contributed by atoms with van der Waals surface area (Å²) in [5, 5.41) is 6.36. The molecule has 0 saturated heterocycles. The summed E-state index contributed by atoms with van der Waals surface area (Å²) in [5.74, 6) is 0.378. The minimum atomic E-state index is 0.147. The van der Waals surface area contributed by atoms with Crippen LogP contribution in [-0.4, -0.2) is 5.91 Å². The third kappa shape index (κ3) is 4.30. The van der Waals surface area contributed by atoms with Crippen LogP contribution in [0.5, 0.6) is 0 Å². The molecule has 0 radical (unpaired) electrons. The largest absolute Gasteiger partial charge is 0.326 e. The topological polar surface area (TPSA) is 41.1 Å². The van der Waals surface area contributed by atoms with Crippen LogP contribution < -0.4 is 10.6 Å². The Hall–Kier alpha value is -1.36. The summed E-state index contributed by atoms with van der Waals surface area (Å²) in [6, 6.07) is 11.9. The van der Waals surface area contributed by atoms with Crippen molar-refractivity contribution in [2.24, 2.45) is 5.92 Å². The van der Waals surface area contributed by atoms with Crippen LogP contribution in [0.3, 0.4) is 0 Å². The van der Waals surface area contributed by atoms with E-state index >= 15 is 0 Å². The number of rotatable bonds is 6. The van der Waals surface area contributed by atoms with E-state index in [0.29, 0.717) is 0 Å². The van der Waals surface area contributed by atoms with Crippen LogP contribution in [0.15, 0.2) is 36.4 Å².